The minimum Gasteiger partial charge on any atom is -0.334 e. The molecule has 0 aromatic heterocycles. The van der Waals surface area contributed by atoms with Crippen molar-refractivity contribution >= 4 is 26.1 Å². The van der Waals surface area contributed by atoms with Crippen molar-refractivity contribution in [1.82, 2.24) is 20.1 Å². The summed E-state index contributed by atoms with van der Waals surface area (Å²) in [6.07, 6.45) is 0. The Morgan fingerprint density at radius 1 is 0.793 bits per heavy atom. The molecule has 158 valence electrons. The second kappa shape index (κ2) is 9.83. The van der Waals surface area contributed by atoms with Gasteiger partial charge in [-0.05, 0) is 42.9 Å². The van der Waals surface area contributed by atoms with Crippen molar-refractivity contribution in [3.05, 3.63) is 65.2 Å². The van der Waals surface area contributed by atoms with Crippen molar-refractivity contribution in [3.63, 3.8) is 0 Å². The highest BCUT2D eigenvalue weighted by Crippen LogP contribution is 2.11. The van der Waals surface area contributed by atoms with Gasteiger partial charge in [0.15, 0.2) is 0 Å². The number of hydrogen-bond acceptors (Lipinski definition) is 5. The molecule has 0 saturated heterocycles. The van der Waals surface area contributed by atoms with Crippen LogP contribution in [0.15, 0.2) is 53.4 Å². The third kappa shape index (κ3) is 7.13. The van der Waals surface area contributed by atoms with Crippen LogP contribution in [0.25, 0.3) is 0 Å². The predicted molar refractivity (Wildman–Crippen MR) is 110 cm³/mol. The summed E-state index contributed by atoms with van der Waals surface area (Å²) in [6.45, 7) is 0.368. The largest absolute Gasteiger partial charge is 0.334 e. The normalized spacial score (nSPS) is 11.8. The summed E-state index contributed by atoms with van der Waals surface area (Å²) >= 11 is 0. The number of rotatable bonds is 9. The van der Waals surface area contributed by atoms with E-state index in [2.05, 4.69) is 20.1 Å². The molecule has 2 amide bonds. The molecule has 0 aliphatic rings. The van der Waals surface area contributed by atoms with Crippen LogP contribution in [0, 0.1) is 0 Å². The highest BCUT2D eigenvalue weighted by Gasteiger charge is 2.12. The van der Waals surface area contributed by atoms with E-state index in [9.17, 15) is 21.6 Å². The van der Waals surface area contributed by atoms with Crippen molar-refractivity contribution < 1.29 is 21.6 Å². The summed E-state index contributed by atoms with van der Waals surface area (Å²) in [6, 6.07) is 12.7. The van der Waals surface area contributed by atoms with Crippen LogP contribution in [0.2, 0.25) is 0 Å². The Labute approximate surface area is 171 Å². The van der Waals surface area contributed by atoms with Crippen LogP contribution in [0.1, 0.15) is 16.7 Å². The molecule has 9 nitrogen and oxygen atoms in total. The van der Waals surface area contributed by atoms with Gasteiger partial charge in [-0.25, -0.2) is 31.1 Å². The zero-order chi connectivity index (χ0) is 21.5. The summed E-state index contributed by atoms with van der Waals surface area (Å²) in [5, 5.41) is 5.34. The molecule has 0 fully saturated rings. The molecule has 29 heavy (non-hydrogen) atoms. The van der Waals surface area contributed by atoms with E-state index in [1.54, 1.807) is 36.4 Å². The lowest BCUT2D eigenvalue weighted by atomic mass is 10.1. The summed E-state index contributed by atoms with van der Waals surface area (Å²) in [4.78, 5) is 12.1. The third-order valence-electron chi connectivity index (χ3n) is 4.04. The number of carbonyl (C=O) groups excluding carboxylic acids is 1. The lowest BCUT2D eigenvalue weighted by Gasteiger charge is -2.10. The van der Waals surface area contributed by atoms with E-state index in [1.807, 2.05) is 0 Å². The lowest BCUT2D eigenvalue weighted by Crippen LogP contribution is -2.34. The van der Waals surface area contributed by atoms with Gasteiger partial charge in [0.25, 0.3) is 0 Å². The summed E-state index contributed by atoms with van der Waals surface area (Å²) < 4.78 is 51.4. The number of sulfonamides is 2. The number of urea groups is 1. The van der Waals surface area contributed by atoms with Gasteiger partial charge in [0.05, 0.1) is 10.6 Å². The Morgan fingerprint density at radius 3 is 1.93 bits per heavy atom. The smallest absolute Gasteiger partial charge is 0.315 e. The highest BCUT2D eigenvalue weighted by atomic mass is 32.2. The molecule has 0 spiro atoms. The van der Waals surface area contributed by atoms with Crippen molar-refractivity contribution in [2.75, 3.05) is 14.1 Å². The van der Waals surface area contributed by atoms with Crippen molar-refractivity contribution in [2.24, 2.45) is 0 Å². The predicted octanol–water partition coefficient (Wildman–Crippen LogP) is 0.643. The van der Waals surface area contributed by atoms with E-state index >= 15 is 0 Å². The van der Waals surface area contributed by atoms with Gasteiger partial charge in [0, 0.05) is 13.1 Å². The van der Waals surface area contributed by atoms with E-state index in [-0.39, 0.29) is 23.7 Å². The van der Waals surface area contributed by atoms with Crippen LogP contribution in [0.3, 0.4) is 0 Å². The third-order valence-corrected chi connectivity index (χ3v) is 6.79. The van der Waals surface area contributed by atoms with Gasteiger partial charge in [-0.3, -0.25) is 0 Å². The highest BCUT2D eigenvalue weighted by molar-refractivity contribution is 7.89. The minimum absolute atomic E-state index is 0.119. The SMILES string of the molecule is CNS(=O)(=O)Cc1cccc(CNC(=O)NCc2cccc(S(=O)(=O)NC)c2)c1. The molecule has 0 saturated carbocycles. The van der Waals surface area contributed by atoms with Crippen molar-refractivity contribution in [2.45, 2.75) is 23.7 Å². The lowest BCUT2D eigenvalue weighted by molar-refractivity contribution is 0.240. The van der Waals surface area contributed by atoms with Crippen LogP contribution >= 0.6 is 0 Å². The Bertz CT molecular complexity index is 1070. The van der Waals surface area contributed by atoms with Gasteiger partial charge in [-0.15, -0.1) is 0 Å². The molecular formula is C18H24N4O5S2. The molecule has 2 rings (SSSR count). The van der Waals surface area contributed by atoms with Crippen LogP contribution in [0.4, 0.5) is 4.79 Å². The standard InChI is InChI=1S/C18H24N4O5S2/c1-19-28(24,25)13-16-7-3-5-14(9-16)11-21-18(23)22-12-15-6-4-8-17(10-15)29(26,27)20-2/h3-10,19-20H,11-13H2,1-2H3,(H2,21,22,23). The second-order valence-corrected chi connectivity index (χ2v) is 9.99. The first-order valence-electron chi connectivity index (χ1n) is 8.68. The van der Waals surface area contributed by atoms with Crippen molar-refractivity contribution in [1.29, 1.82) is 0 Å². The molecule has 0 aliphatic heterocycles. The van der Waals surface area contributed by atoms with E-state index in [4.69, 9.17) is 0 Å². The zero-order valence-corrected chi connectivity index (χ0v) is 17.7. The average Bonchev–Trinajstić information content (AvgIpc) is 2.71. The van der Waals surface area contributed by atoms with Gasteiger partial charge < -0.3 is 10.6 Å². The number of nitrogens with one attached hydrogen (secondary N) is 4. The monoisotopic (exact) mass is 440 g/mol. The molecule has 0 atom stereocenters. The van der Waals surface area contributed by atoms with E-state index in [1.165, 1.54) is 26.2 Å². The van der Waals surface area contributed by atoms with E-state index in [0.717, 1.165) is 5.56 Å². The molecule has 4 N–H and O–H groups in total. The number of carbonyl (C=O) groups is 1. The molecule has 0 unspecified atom stereocenters. The van der Waals surface area contributed by atoms with Gasteiger partial charge in [0.2, 0.25) is 20.0 Å². The quantitative estimate of drug-likeness (QED) is 0.454. The molecule has 2 aromatic rings. The van der Waals surface area contributed by atoms with E-state index < -0.39 is 26.1 Å². The Kier molecular flexibility index (Phi) is 7.73. The summed E-state index contributed by atoms with van der Waals surface area (Å²) in [5.41, 5.74) is 2.00. The number of amides is 2. The molecule has 0 bridgehead atoms. The fraction of sp³-hybridized carbons (Fsp3) is 0.278. The summed E-state index contributed by atoms with van der Waals surface area (Å²) in [5.74, 6) is -0.143. The first-order chi connectivity index (χ1) is 13.6. The Hall–Kier alpha value is -2.47. The second-order valence-electron chi connectivity index (χ2n) is 6.17. The molecular weight excluding hydrogens is 416 g/mol. The maximum atomic E-state index is 12.0. The minimum atomic E-state index is -3.55. The maximum absolute atomic E-state index is 12.0. The molecule has 11 heteroatoms. The first-order valence-corrected chi connectivity index (χ1v) is 11.8. The van der Waals surface area contributed by atoms with Crippen molar-refractivity contribution in [3.8, 4) is 0 Å². The van der Waals surface area contributed by atoms with Gasteiger partial charge in [-0.1, -0.05) is 36.4 Å². The first kappa shape index (κ1) is 22.8. The Balaban J connectivity index is 1.90. The van der Waals surface area contributed by atoms with Crippen LogP contribution in [-0.4, -0.2) is 37.0 Å². The molecule has 0 heterocycles. The Morgan fingerprint density at radius 2 is 1.34 bits per heavy atom. The van der Waals surface area contributed by atoms with Gasteiger partial charge >= 0.3 is 6.03 Å². The fourth-order valence-corrected chi connectivity index (χ4v) is 4.05. The van der Waals surface area contributed by atoms with Crippen LogP contribution in [0.5, 0.6) is 0 Å². The number of benzene rings is 2. The molecule has 0 radical (unpaired) electrons. The van der Waals surface area contributed by atoms with E-state index in [0.29, 0.717) is 11.1 Å². The molecule has 2 aromatic carbocycles. The number of hydrogen-bond donors (Lipinski definition) is 4. The zero-order valence-electron chi connectivity index (χ0n) is 16.1. The summed E-state index contributed by atoms with van der Waals surface area (Å²) in [7, 11) is -4.24. The van der Waals surface area contributed by atoms with Gasteiger partial charge in [-0.2, -0.15) is 0 Å². The van der Waals surface area contributed by atoms with Crippen LogP contribution < -0.4 is 20.1 Å². The fourth-order valence-electron chi connectivity index (χ4n) is 2.49. The molecule has 0 aliphatic carbocycles. The van der Waals surface area contributed by atoms with Gasteiger partial charge in [0.1, 0.15) is 0 Å². The van der Waals surface area contributed by atoms with Crippen LogP contribution in [-0.2, 0) is 38.9 Å². The average molecular weight is 441 g/mol. The maximum Gasteiger partial charge on any atom is 0.315 e. The topological polar surface area (TPSA) is 133 Å².